The zero-order chi connectivity index (χ0) is 12.6. The average molecular weight is 252 g/mol. The van der Waals surface area contributed by atoms with E-state index in [1.165, 1.54) is 12.8 Å². The third kappa shape index (κ3) is 1.16. The summed E-state index contributed by atoms with van der Waals surface area (Å²) in [5.74, 6) is -0.680. The van der Waals surface area contributed by atoms with Gasteiger partial charge in [-0.2, -0.15) is 0 Å². The van der Waals surface area contributed by atoms with Gasteiger partial charge in [0.1, 0.15) is 11.2 Å². The summed E-state index contributed by atoms with van der Waals surface area (Å²) in [6, 6.07) is 0. The molecule has 2 aliphatic carbocycles. The second-order valence-corrected chi connectivity index (χ2v) is 6.81. The first-order chi connectivity index (χ1) is 8.53. The first kappa shape index (κ1) is 11.2. The lowest BCUT2D eigenvalue weighted by Crippen LogP contribution is -2.46. The molecule has 0 aromatic carbocycles. The Morgan fingerprint density at radius 1 is 1.11 bits per heavy atom. The summed E-state index contributed by atoms with van der Waals surface area (Å²) in [4.78, 5) is 11.3. The molecule has 2 aliphatic heterocycles. The molecular formula is C14H20O4. The average Bonchev–Trinajstić information content (AvgIpc) is 3.21. The Hall–Kier alpha value is -0.610. The molecule has 0 spiro atoms. The van der Waals surface area contributed by atoms with E-state index in [9.17, 15) is 9.90 Å². The van der Waals surface area contributed by atoms with Gasteiger partial charge in [0.05, 0.1) is 17.6 Å². The Balaban J connectivity index is 1.55. The van der Waals surface area contributed by atoms with E-state index in [1.54, 1.807) is 0 Å². The molecule has 0 aromatic rings. The molecule has 0 bridgehead atoms. The molecule has 1 N–H and O–H groups in total. The predicted octanol–water partition coefficient (Wildman–Crippen LogP) is 2.11. The van der Waals surface area contributed by atoms with Crippen LogP contribution in [0.3, 0.4) is 0 Å². The second kappa shape index (κ2) is 3.10. The van der Waals surface area contributed by atoms with Crippen molar-refractivity contribution in [3.05, 3.63) is 0 Å². The topological polar surface area (TPSA) is 62.4 Å². The number of hydrogen-bond donors (Lipinski definition) is 1. The van der Waals surface area contributed by atoms with Crippen LogP contribution in [-0.2, 0) is 14.3 Å². The number of ether oxygens (including phenoxy) is 2. The fraction of sp³-hybridized carbons (Fsp3) is 0.929. The molecule has 0 radical (unpaired) electrons. The van der Waals surface area contributed by atoms with Crippen LogP contribution >= 0.6 is 0 Å². The number of carboxylic acid groups (broad SMARTS) is 1. The lowest BCUT2D eigenvalue weighted by Gasteiger charge is -2.34. The molecule has 4 rings (SSSR count). The van der Waals surface area contributed by atoms with Crippen molar-refractivity contribution < 1.29 is 19.4 Å². The standard InChI is InChI=1S/C14H20O4/c1-12(11(15)16)6-7-14(10(8-12)18-14)13-5-3-2-4-9(13)17-13/h9-10H,2-8H2,1H3,(H,15,16). The quantitative estimate of drug-likeness (QED) is 0.764. The molecule has 5 atom stereocenters. The van der Waals surface area contributed by atoms with Crippen LogP contribution in [0.5, 0.6) is 0 Å². The minimum atomic E-state index is -0.680. The largest absolute Gasteiger partial charge is 0.481 e. The molecule has 18 heavy (non-hydrogen) atoms. The summed E-state index contributed by atoms with van der Waals surface area (Å²) in [5.41, 5.74) is -0.747. The van der Waals surface area contributed by atoms with Crippen molar-refractivity contribution in [1.29, 1.82) is 0 Å². The van der Waals surface area contributed by atoms with Crippen molar-refractivity contribution in [3.63, 3.8) is 0 Å². The summed E-state index contributed by atoms with van der Waals surface area (Å²) >= 11 is 0. The number of rotatable bonds is 2. The van der Waals surface area contributed by atoms with Crippen LogP contribution in [0.25, 0.3) is 0 Å². The molecule has 2 saturated carbocycles. The van der Waals surface area contributed by atoms with Crippen molar-refractivity contribution in [2.75, 3.05) is 0 Å². The van der Waals surface area contributed by atoms with E-state index in [4.69, 9.17) is 9.47 Å². The Labute approximate surface area is 107 Å². The molecule has 0 amide bonds. The van der Waals surface area contributed by atoms with Gasteiger partial charge >= 0.3 is 5.97 Å². The first-order valence-electron chi connectivity index (χ1n) is 7.12. The summed E-state index contributed by atoms with van der Waals surface area (Å²) in [6.45, 7) is 1.85. The molecule has 4 aliphatic rings. The number of fused-ring (bicyclic) bond motifs is 3. The van der Waals surface area contributed by atoms with Gasteiger partial charge < -0.3 is 14.6 Å². The molecule has 4 nitrogen and oxygen atoms in total. The minimum Gasteiger partial charge on any atom is -0.481 e. The Morgan fingerprint density at radius 2 is 1.83 bits per heavy atom. The molecule has 4 fully saturated rings. The van der Waals surface area contributed by atoms with Crippen LogP contribution < -0.4 is 0 Å². The van der Waals surface area contributed by atoms with Gasteiger partial charge in [-0.3, -0.25) is 4.79 Å². The van der Waals surface area contributed by atoms with Gasteiger partial charge in [0.25, 0.3) is 0 Å². The van der Waals surface area contributed by atoms with Crippen molar-refractivity contribution in [3.8, 4) is 0 Å². The fourth-order valence-corrected chi connectivity index (χ4v) is 4.43. The molecule has 100 valence electrons. The lowest BCUT2D eigenvalue weighted by atomic mass is 9.65. The highest BCUT2D eigenvalue weighted by molar-refractivity contribution is 5.74. The van der Waals surface area contributed by atoms with E-state index < -0.39 is 11.4 Å². The van der Waals surface area contributed by atoms with Crippen LogP contribution in [0, 0.1) is 5.41 Å². The Morgan fingerprint density at radius 3 is 2.50 bits per heavy atom. The highest BCUT2D eigenvalue weighted by atomic mass is 16.7. The molecular weight excluding hydrogens is 232 g/mol. The normalized spacial score (nSPS) is 57.4. The molecule has 4 heteroatoms. The Bertz CT molecular complexity index is 422. The lowest BCUT2D eigenvalue weighted by molar-refractivity contribution is -0.149. The second-order valence-electron chi connectivity index (χ2n) is 6.81. The zero-order valence-electron chi connectivity index (χ0n) is 10.8. The third-order valence-corrected chi connectivity index (χ3v) is 5.81. The minimum absolute atomic E-state index is 0.0320. The number of epoxide rings is 2. The zero-order valence-corrected chi connectivity index (χ0v) is 10.8. The molecule has 0 aromatic heterocycles. The molecule has 2 saturated heterocycles. The van der Waals surface area contributed by atoms with Gasteiger partial charge in [-0.05, 0) is 39.0 Å². The van der Waals surface area contributed by atoms with Gasteiger partial charge in [0.15, 0.2) is 0 Å². The van der Waals surface area contributed by atoms with Gasteiger partial charge in [-0.1, -0.05) is 12.8 Å². The summed E-state index contributed by atoms with van der Waals surface area (Å²) < 4.78 is 12.0. The monoisotopic (exact) mass is 252 g/mol. The van der Waals surface area contributed by atoms with E-state index in [-0.39, 0.29) is 17.3 Å². The van der Waals surface area contributed by atoms with Crippen molar-refractivity contribution in [1.82, 2.24) is 0 Å². The van der Waals surface area contributed by atoms with E-state index in [1.807, 2.05) is 6.92 Å². The van der Waals surface area contributed by atoms with E-state index >= 15 is 0 Å². The highest BCUT2D eigenvalue weighted by Crippen LogP contribution is 2.68. The van der Waals surface area contributed by atoms with Gasteiger partial charge in [0, 0.05) is 0 Å². The predicted molar refractivity (Wildman–Crippen MR) is 63.3 cm³/mol. The van der Waals surface area contributed by atoms with Crippen LogP contribution in [0.4, 0.5) is 0 Å². The summed E-state index contributed by atoms with van der Waals surface area (Å²) in [5, 5.41) is 9.32. The van der Waals surface area contributed by atoms with Gasteiger partial charge in [0.2, 0.25) is 0 Å². The van der Waals surface area contributed by atoms with Crippen LogP contribution in [-0.4, -0.2) is 34.5 Å². The van der Waals surface area contributed by atoms with Gasteiger partial charge in [-0.25, -0.2) is 0 Å². The smallest absolute Gasteiger partial charge is 0.309 e. The highest BCUT2D eigenvalue weighted by Gasteiger charge is 2.81. The van der Waals surface area contributed by atoms with E-state index in [0.29, 0.717) is 12.5 Å². The maximum atomic E-state index is 11.3. The fourth-order valence-electron chi connectivity index (χ4n) is 4.43. The Kier molecular flexibility index (Phi) is 1.93. The van der Waals surface area contributed by atoms with Gasteiger partial charge in [-0.15, -0.1) is 0 Å². The van der Waals surface area contributed by atoms with Crippen molar-refractivity contribution in [2.45, 2.75) is 75.3 Å². The van der Waals surface area contributed by atoms with Crippen molar-refractivity contribution >= 4 is 5.97 Å². The van der Waals surface area contributed by atoms with Crippen LogP contribution in [0.15, 0.2) is 0 Å². The van der Waals surface area contributed by atoms with Crippen LogP contribution in [0.2, 0.25) is 0 Å². The number of carboxylic acids is 1. The van der Waals surface area contributed by atoms with Crippen molar-refractivity contribution in [2.24, 2.45) is 5.41 Å². The third-order valence-electron chi connectivity index (χ3n) is 5.81. The van der Waals surface area contributed by atoms with E-state index in [0.717, 1.165) is 25.7 Å². The maximum Gasteiger partial charge on any atom is 0.309 e. The summed E-state index contributed by atoms with van der Waals surface area (Å²) in [7, 11) is 0. The molecule has 5 unspecified atom stereocenters. The van der Waals surface area contributed by atoms with Crippen LogP contribution in [0.1, 0.15) is 51.9 Å². The maximum absolute atomic E-state index is 11.3. The number of carbonyl (C=O) groups is 1. The number of aliphatic carboxylic acids is 1. The SMILES string of the molecule is CC1(C(=O)O)CCC2(C34CCCCC3O4)OC2C1. The first-order valence-corrected chi connectivity index (χ1v) is 7.12. The number of hydrogen-bond acceptors (Lipinski definition) is 3. The van der Waals surface area contributed by atoms with E-state index in [2.05, 4.69) is 0 Å². The summed E-state index contributed by atoms with van der Waals surface area (Å²) in [6.07, 6.45) is 7.51. The molecule has 2 heterocycles.